The first-order chi connectivity index (χ1) is 7.20. The number of hydrogen-bond acceptors (Lipinski definition) is 2. The van der Waals surface area contributed by atoms with Crippen molar-refractivity contribution in [2.75, 3.05) is 0 Å². The highest BCUT2D eigenvalue weighted by Gasteiger charge is 2.04. The molecule has 0 atom stereocenters. The number of aldehydes is 1. The molecule has 0 bridgehead atoms. The Labute approximate surface area is 92.3 Å². The molecule has 2 rings (SSSR count). The van der Waals surface area contributed by atoms with E-state index < -0.39 is 0 Å². The largest absolute Gasteiger partial charge is 0.298 e. The normalized spacial score (nSPS) is 10.3. The van der Waals surface area contributed by atoms with Gasteiger partial charge in [0.15, 0.2) is 6.29 Å². The molecule has 0 aliphatic rings. The molecule has 1 aromatic carbocycles. The van der Waals surface area contributed by atoms with Crippen LogP contribution in [0, 0.1) is 6.92 Å². The highest BCUT2D eigenvalue weighted by atomic mass is 35.5. The first kappa shape index (κ1) is 9.93. The molecule has 0 aliphatic carbocycles. The maximum atomic E-state index is 10.5. The minimum atomic E-state index is 0.550. The van der Waals surface area contributed by atoms with Crippen molar-refractivity contribution in [1.29, 1.82) is 0 Å². The third kappa shape index (κ3) is 1.92. The minimum absolute atomic E-state index is 0.550. The van der Waals surface area contributed by atoms with Crippen molar-refractivity contribution < 1.29 is 4.79 Å². The Morgan fingerprint density at radius 1 is 1.47 bits per heavy atom. The topological polar surface area (TPSA) is 34.9 Å². The van der Waals surface area contributed by atoms with E-state index in [4.69, 9.17) is 11.6 Å². The van der Waals surface area contributed by atoms with Crippen LogP contribution in [0.25, 0.3) is 5.69 Å². The number of rotatable bonds is 2. The molecule has 76 valence electrons. The van der Waals surface area contributed by atoms with E-state index in [-0.39, 0.29) is 0 Å². The molecule has 0 saturated carbocycles. The zero-order chi connectivity index (χ0) is 10.8. The minimum Gasteiger partial charge on any atom is -0.298 e. The van der Waals surface area contributed by atoms with Crippen LogP contribution in [-0.2, 0) is 0 Å². The van der Waals surface area contributed by atoms with Gasteiger partial charge in [-0.15, -0.1) is 0 Å². The van der Waals surface area contributed by atoms with Gasteiger partial charge >= 0.3 is 0 Å². The number of carbonyl (C=O) groups excluding carboxylic acids is 1. The number of aryl methyl sites for hydroxylation is 1. The summed E-state index contributed by atoms with van der Waals surface area (Å²) in [5.41, 5.74) is 2.49. The Hall–Kier alpha value is -1.61. The summed E-state index contributed by atoms with van der Waals surface area (Å²) in [6.07, 6.45) is 3.96. The maximum Gasteiger partial charge on any atom is 0.153 e. The van der Waals surface area contributed by atoms with Crippen LogP contribution in [0.3, 0.4) is 0 Å². The smallest absolute Gasteiger partial charge is 0.153 e. The maximum absolute atomic E-state index is 10.5. The van der Waals surface area contributed by atoms with E-state index in [0.29, 0.717) is 10.6 Å². The summed E-state index contributed by atoms with van der Waals surface area (Å²) in [7, 11) is 0. The number of halogens is 1. The van der Waals surface area contributed by atoms with Gasteiger partial charge in [0.1, 0.15) is 0 Å². The van der Waals surface area contributed by atoms with Gasteiger partial charge in [-0.3, -0.25) is 4.79 Å². The SMILES string of the molecule is Cc1ccc(Cl)cc1-n1cc(C=O)cn1. The van der Waals surface area contributed by atoms with Gasteiger partial charge in [-0.25, -0.2) is 4.68 Å². The fourth-order valence-corrected chi connectivity index (χ4v) is 1.53. The third-order valence-corrected chi connectivity index (χ3v) is 2.39. The molecule has 1 aromatic heterocycles. The summed E-state index contributed by atoms with van der Waals surface area (Å²) in [4.78, 5) is 10.5. The Kier molecular flexibility index (Phi) is 2.56. The Morgan fingerprint density at radius 3 is 2.93 bits per heavy atom. The van der Waals surface area contributed by atoms with Gasteiger partial charge in [0.05, 0.1) is 17.4 Å². The quantitative estimate of drug-likeness (QED) is 0.730. The van der Waals surface area contributed by atoms with E-state index in [1.807, 2.05) is 25.1 Å². The Balaban J connectivity index is 2.52. The Bertz CT molecular complexity index is 505. The van der Waals surface area contributed by atoms with Crippen LogP contribution >= 0.6 is 11.6 Å². The number of nitrogens with zero attached hydrogens (tertiary/aromatic N) is 2. The van der Waals surface area contributed by atoms with Crippen molar-refractivity contribution in [2.45, 2.75) is 6.92 Å². The van der Waals surface area contributed by atoms with E-state index in [1.165, 1.54) is 6.20 Å². The predicted molar refractivity (Wildman–Crippen MR) is 58.7 cm³/mol. The summed E-state index contributed by atoms with van der Waals surface area (Å²) < 4.78 is 1.64. The van der Waals surface area contributed by atoms with Crippen molar-refractivity contribution >= 4 is 17.9 Å². The molecular weight excluding hydrogens is 212 g/mol. The van der Waals surface area contributed by atoms with Crippen LogP contribution in [0.2, 0.25) is 5.02 Å². The van der Waals surface area contributed by atoms with Gasteiger partial charge in [0, 0.05) is 11.2 Å². The summed E-state index contributed by atoms with van der Waals surface area (Å²) >= 11 is 5.90. The van der Waals surface area contributed by atoms with Gasteiger partial charge in [0.25, 0.3) is 0 Å². The molecule has 4 heteroatoms. The summed E-state index contributed by atoms with van der Waals surface area (Å²) in [6, 6.07) is 5.56. The molecule has 0 fully saturated rings. The molecule has 0 saturated heterocycles. The first-order valence-electron chi connectivity index (χ1n) is 4.47. The molecule has 3 nitrogen and oxygen atoms in total. The van der Waals surface area contributed by atoms with Crippen molar-refractivity contribution in [2.24, 2.45) is 0 Å². The third-order valence-electron chi connectivity index (χ3n) is 2.16. The second-order valence-electron chi connectivity index (χ2n) is 3.27. The summed E-state index contributed by atoms with van der Waals surface area (Å²) in [6.45, 7) is 1.97. The van der Waals surface area contributed by atoms with Crippen LogP contribution in [0.5, 0.6) is 0 Å². The molecule has 1 heterocycles. The average Bonchev–Trinajstić information content (AvgIpc) is 2.70. The highest BCUT2D eigenvalue weighted by Crippen LogP contribution is 2.18. The molecular formula is C11H9ClN2O. The van der Waals surface area contributed by atoms with Crippen molar-refractivity contribution in [3.63, 3.8) is 0 Å². The van der Waals surface area contributed by atoms with Crippen molar-refractivity contribution in [1.82, 2.24) is 9.78 Å². The highest BCUT2D eigenvalue weighted by molar-refractivity contribution is 6.30. The molecule has 2 aromatic rings. The lowest BCUT2D eigenvalue weighted by Crippen LogP contribution is -1.96. The van der Waals surface area contributed by atoms with Gasteiger partial charge in [-0.05, 0) is 24.6 Å². The van der Waals surface area contributed by atoms with Crippen LogP contribution in [0.4, 0.5) is 0 Å². The van der Waals surface area contributed by atoms with E-state index in [2.05, 4.69) is 5.10 Å². The fraction of sp³-hybridized carbons (Fsp3) is 0.0909. The van der Waals surface area contributed by atoms with Crippen LogP contribution in [-0.4, -0.2) is 16.1 Å². The van der Waals surface area contributed by atoms with Gasteiger partial charge in [-0.1, -0.05) is 17.7 Å². The van der Waals surface area contributed by atoms with Gasteiger partial charge in [-0.2, -0.15) is 5.10 Å². The van der Waals surface area contributed by atoms with E-state index >= 15 is 0 Å². The number of carbonyl (C=O) groups is 1. The van der Waals surface area contributed by atoms with E-state index in [9.17, 15) is 4.79 Å². The second kappa shape index (κ2) is 3.87. The van der Waals surface area contributed by atoms with Crippen LogP contribution < -0.4 is 0 Å². The predicted octanol–water partition coefficient (Wildman–Crippen LogP) is 2.65. The summed E-state index contributed by atoms with van der Waals surface area (Å²) in [5, 5.41) is 4.74. The van der Waals surface area contributed by atoms with Gasteiger partial charge in [0.2, 0.25) is 0 Å². The van der Waals surface area contributed by atoms with E-state index in [0.717, 1.165) is 17.5 Å². The lowest BCUT2D eigenvalue weighted by molar-refractivity contribution is 0.112. The van der Waals surface area contributed by atoms with Crippen molar-refractivity contribution in [3.8, 4) is 5.69 Å². The summed E-state index contributed by atoms with van der Waals surface area (Å²) in [5.74, 6) is 0. The second-order valence-corrected chi connectivity index (χ2v) is 3.70. The Morgan fingerprint density at radius 2 is 2.27 bits per heavy atom. The first-order valence-corrected chi connectivity index (χ1v) is 4.85. The lowest BCUT2D eigenvalue weighted by atomic mass is 10.2. The standard InChI is InChI=1S/C11H9ClN2O/c1-8-2-3-10(12)4-11(8)14-6-9(7-15)5-13-14/h2-7H,1H3. The zero-order valence-electron chi connectivity index (χ0n) is 8.14. The molecule has 0 amide bonds. The average molecular weight is 221 g/mol. The van der Waals surface area contributed by atoms with Crippen molar-refractivity contribution in [3.05, 3.63) is 46.7 Å². The zero-order valence-corrected chi connectivity index (χ0v) is 8.90. The van der Waals surface area contributed by atoms with Crippen LogP contribution in [0.1, 0.15) is 15.9 Å². The molecule has 0 radical (unpaired) electrons. The van der Waals surface area contributed by atoms with Gasteiger partial charge < -0.3 is 0 Å². The lowest BCUT2D eigenvalue weighted by Gasteiger charge is -2.05. The molecule has 0 spiro atoms. The molecule has 0 aliphatic heterocycles. The molecule has 15 heavy (non-hydrogen) atoms. The fourth-order valence-electron chi connectivity index (χ4n) is 1.36. The monoisotopic (exact) mass is 220 g/mol. The number of aromatic nitrogens is 2. The van der Waals surface area contributed by atoms with E-state index in [1.54, 1.807) is 10.9 Å². The number of benzene rings is 1. The molecule has 0 N–H and O–H groups in total. The number of hydrogen-bond donors (Lipinski definition) is 0. The van der Waals surface area contributed by atoms with Crippen LogP contribution in [0.15, 0.2) is 30.6 Å². The molecule has 0 unspecified atom stereocenters.